The highest BCUT2D eigenvalue weighted by molar-refractivity contribution is 5.86. The summed E-state index contributed by atoms with van der Waals surface area (Å²) in [5.41, 5.74) is 5.30. The van der Waals surface area contributed by atoms with E-state index >= 15 is 0 Å². The molecule has 0 aliphatic carbocycles. The summed E-state index contributed by atoms with van der Waals surface area (Å²) < 4.78 is 2.00. The number of amides is 3. The van der Waals surface area contributed by atoms with Crippen molar-refractivity contribution in [1.82, 2.24) is 19.8 Å². The maximum absolute atomic E-state index is 12.1. The molecule has 0 spiro atoms. The zero-order valence-electron chi connectivity index (χ0n) is 11.9. The Morgan fingerprint density at radius 3 is 2.95 bits per heavy atom. The van der Waals surface area contributed by atoms with Gasteiger partial charge in [0.25, 0.3) is 0 Å². The molecule has 1 aliphatic rings. The first-order valence-electron chi connectivity index (χ1n) is 6.86. The molecule has 0 aromatic carbocycles. The Kier molecular flexibility index (Phi) is 4.26. The van der Waals surface area contributed by atoms with E-state index in [9.17, 15) is 9.59 Å². The van der Waals surface area contributed by atoms with Crippen molar-refractivity contribution >= 4 is 11.9 Å². The van der Waals surface area contributed by atoms with Gasteiger partial charge in [-0.2, -0.15) is 0 Å². The van der Waals surface area contributed by atoms with Crippen LogP contribution >= 0.6 is 0 Å². The van der Waals surface area contributed by atoms with Crippen LogP contribution in [0.5, 0.6) is 0 Å². The minimum Gasteiger partial charge on any atom is -0.368 e. The molecule has 1 atom stereocenters. The van der Waals surface area contributed by atoms with E-state index in [1.54, 1.807) is 6.20 Å². The summed E-state index contributed by atoms with van der Waals surface area (Å²) in [5, 5.41) is 2.80. The molecule has 7 heteroatoms. The number of likely N-dealkylation sites (tertiary alicyclic amines) is 1. The van der Waals surface area contributed by atoms with Crippen LogP contribution in [0.3, 0.4) is 0 Å². The monoisotopic (exact) mass is 279 g/mol. The van der Waals surface area contributed by atoms with Crippen molar-refractivity contribution in [3.8, 4) is 0 Å². The predicted molar refractivity (Wildman–Crippen MR) is 73.8 cm³/mol. The lowest BCUT2D eigenvalue weighted by Crippen LogP contribution is -2.48. The zero-order chi connectivity index (χ0) is 14.7. The molecule has 0 unspecified atom stereocenters. The molecule has 20 heavy (non-hydrogen) atoms. The number of carbonyl (C=O) groups excluding carboxylic acids is 2. The van der Waals surface area contributed by atoms with E-state index in [1.807, 2.05) is 10.8 Å². The normalized spacial score (nSPS) is 18.6. The summed E-state index contributed by atoms with van der Waals surface area (Å²) in [4.78, 5) is 29.1. The Hall–Kier alpha value is -2.05. The van der Waals surface area contributed by atoms with Gasteiger partial charge in [0.05, 0.1) is 6.54 Å². The van der Waals surface area contributed by atoms with Crippen molar-refractivity contribution in [1.29, 1.82) is 0 Å². The van der Waals surface area contributed by atoms with Gasteiger partial charge in [-0.1, -0.05) is 0 Å². The fourth-order valence-corrected chi connectivity index (χ4v) is 2.51. The third-order valence-electron chi connectivity index (χ3n) is 3.55. The first-order valence-corrected chi connectivity index (χ1v) is 6.86. The van der Waals surface area contributed by atoms with Crippen LogP contribution in [0.1, 0.15) is 38.6 Å². The second-order valence-electron chi connectivity index (χ2n) is 5.26. The Morgan fingerprint density at radius 1 is 1.55 bits per heavy atom. The Labute approximate surface area is 118 Å². The lowest BCUT2D eigenvalue weighted by atomic mass is 10.2. The second-order valence-corrected chi connectivity index (χ2v) is 5.26. The van der Waals surface area contributed by atoms with Gasteiger partial charge in [-0.15, -0.1) is 0 Å². The quantitative estimate of drug-likeness (QED) is 0.846. The number of aromatic nitrogens is 2. The lowest BCUT2D eigenvalue weighted by Gasteiger charge is -2.22. The third-order valence-corrected chi connectivity index (χ3v) is 3.55. The molecule has 3 amide bonds. The molecule has 110 valence electrons. The third kappa shape index (κ3) is 2.92. The molecule has 0 radical (unpaired) electrons. The van der Waals surface area contributed by atoms with Gasteiger partial charge in [0.1, 0.15) is 11.9 Å². The van der Waals surface area contributed by atoms with Crippen molar-refractivity contribution in [2.24, 2.45) is 5.73 Å². The number of hydrogen-bond acceptors (Lipinski definition) is 3. The average Bonchev–Trinajstić information content (AvgIpc) is 3.04. The van der Waals surface area contributed by atoms with Gasteiger partial charge in [-0.05, 0) is 26.7 Å². The van der Waals surface area contributed by atoms with E-state index in [-0.39, 0.29) is 12.1 Å². The fourth-order valence-electron chi connectivity index (χ4n) is 2.51. The van der Waals surface area contributed by atoms with Crippen LogP contribution in [0.25, 0.3) is 0 Å². The molecule has 7 nitrogen and oxygen atoms in total. The summed E-state index contributed by atoms with van der Waals surface area (Å²) in [6, 6.07) is -0.459. The first kappa shape index (κ1) is 14.4. The van der Waals surface area contributed by atoms with Gasteiger partial charge in [0.15, 0.2) is 0 Å². The highest BCUT2D eigenvalue weighted by Crippen LogP contribution is 2.17. The zero-order valence-corrected chi connectivity index (χ0v) is 11.9. The highest BCUT2D eigenvalue weighted by atomic mass is 16.2. The van der Waals surface area contributed by atoms with Gasteiger partial charge in [0.2, 0.25) is 5.91 Å². The molecule has 1 aliphatic heterocycles. The molecule has 0 saturated carbocycles. The Morgan fingerprint density at radius 2 is 2.30 bits per heavy atom. The summed E-state index contributed by atoms with van der Waals surface area (Å²) in [7, 11) is 0. The smallest absolute Gasteiger partial charge is 0.318 e. The van der Waals surface area contributed by atoms with Gasteiger partial charge >= 0.3 is 6.03 Å². The molecule has 1 aromatic rings. The largest absolute Gasteiger partial charge is 0.368 e. The molecule has 2 rings (SSSR count). The van der Waals surface area contributed by atoms with Crippen LogP contribution in [-0.4, -0.2) is 39.0 Å². The van der Waals surface area contributed by atoms with Crippen LogP contribution in [-0.2, 0) is 11.3 Å². The van der Waals surface area contributed by atoms with Crippen LogP contribution in [0, 0.1) is 0 Å². The standard InChI is InChI=1S/C13H21N5O2/c1-9(2)17-7-5-15-11(17)8-16-13(20)18-6-3-4-10(18)12(14)19/h5,7,9-10H,3-4,6,8H2,1-2H3,(H2,14,19)(H,16,20)/t10-/m1/s1. The molecule has 2 heterocycles. The number of imidazole rings is 1. The number of nitrogens with one attached hydrogen (secondary N) is 1. The average molecular weight is 279 g/mol. The van der Waals surface area contributed by atoms with Crippen molar-refractivity contribution in [3.05, 3.63) is 18.2 Å². The van der Waals surface area contributed by atoms with Gasteiger partial charge in [0, 0.05) is 25.0 Å². The molecule has 1 saturated heterocycles. The fraction of sp³-hybridized carbons (Fsp3) is 0.615. The molecular formula is C13H21N5O2. The minimum atomic E-state index is -0.486. The predicted octanol–water partition coefficient (Wildman–Crippen LogP) is 0.623. The Bertz CT molecular complexity index is 497. The van der Waals surface area contributed by atoms with Crippen molar-refractivity contribution in [3.63, 3.8) is 0 Å². The van der Waals surface area contributed by atoms with Crippen LogP contribution in [0.4, 0.5) is 4.79 Å². The molecule has 1 fully saturated rings. The summed E-state index contributed by atoms with van der Waals surface area (Å²) in [6.07, 6.45) is 5.04. The van der Waals surface area contributed by atoms with E-state index in [0.29, 0.717) is 19.5 Å². The first-order chi connectivity index (χ1) is 9.50. The van der Waals surface area contributed by atoms with Gasteiger partial charge in [-0.3, -0.25) is 4.79 Å². The van der Waals surface area contributed by atoms with Crippen LogP contribution in [0.2, 0.25) is 0 Å². The number of carbonyl (C=O) groups is 2. The molecule has 0 bridgehead atoms. The maximum atomic E-state index is 12.1. The maximum Gasteiger partial charge on any atom is 0.318 e. The molecular weight excluding hydrogens is 258 g/mol. The number of urea groups is 1. The number of hydrogen-bond donors (Lipinski definition) is 2. The van der Waals surface area contributed by atoms with Gasteiger partial charge in [-0.25, -0.2) is 9.78 Å². The van der Waals surface area contributed by atoms with Gasteiger partial charge < -0.3 is 20.5 Å². The lowest BCUT2D eigenvalue weighted by molar-refractivity contribution is -0.121. The summed E-state index contributed by atoms with van der Waals surface area (Å²) >= 11 is 0. The van der Waals surface area contributed by atoms with E-state index < -0.39 is 11.9 Å². The van der Waals surface area contributed by atoms with Crippen LogP contribution < -0.4 is 11.1 Å². The second kappa shape index (κ2) is 5.94. The van der Waals surface area contributed by atoms with E-state index in [0.717, 1.165) is 12.2 Å². The topological polar surface area (TPSA) is 93.2 Å². The Balaban J connectivity index is 1.95. The van der Waals surface area contributed by atoms with E-state index in [4.69, 9.17) is 5.73 Å². The van der Waals surface area contributed by atoms with E-state index in [2.05, 4.69) is 24.1 Å². The number of nitrogens with two attached hydrogens (primary N) is 1. The van der Waals surface area contributed by atoms with Crippen molar-refractivity contribution in [2.75, 3.05) is 6.54 Å². The van der Waals surface area contributed by atoms with Crippen LogP contribution in [0.15, 0.2) is 12.4 Å². The summed E-state index contributed by atoms with van der Waals surface area (Å²) in [6.45, 7) is 5.01. The summed E-state index contributed by atoms with van der Waals surface area (Å²) in [5.74, 6) is 0.351. The number of rotatable bonds is 4. The van der Waals surface area contributed by atoms with Crippen molar-refractivity contribution < 1.29 is 9.59 Å². The number of primary amides is 1. The minimum absolute atomic E-state index is 0.260. The highest BCUT2D eigenvalue weighted by Gasteiger charge is 2.32. The molecule has 1 aromatic heterocycles. The van der Waals surface area contributed by atoms with E-state index in [1.165, 1.54) is 4.90 Å². The van der Waals surface area contributed by atoms with Crippen molar-refractivity contribution in [2.45, 2.75) is 45.3 Å². The molecule has 3 N–H and O–H groups in total. The number of nitrogens with zero attached hydrogens (tertiary/aromatic N) is 3. The SMILES string of the molecule is CC(C)n1ccnc1CNC(=O)N1CCC[C@@H]1C(N)=O.